The Labute approximate surface area is 221 Å². The number of nitrogens with one attached hydrogen (secondary N) is 1. The quantitative estimate of drug-likeness (QED) is 0.277. The summed E-state index contributed by atoms with van der Waals surface area (Å²) in [6.45, 7) is 2.97. The minimum atomic E-state index is -0.691. The molecule has 38 heavy (non-hydrogen) atoms. The lowest BCUT2D eigenvalue weighted by Crippen LogP contribution is -2.37. The molecule has 3 aromatic rings. The van der Waals surface area contributed by atoms with Crippen LogP contribution in [-0.4, -0.2) is 38.6 Å². The molecule has 3 heterocycles. The fraction of sp³-hybridized carbons (Fsp3) is 0.448. The molecule has 1 N–H and O–H groups in total. The van der Waals surface area contributed by atoms with E-state index < -0.39 is 11.5 Å². The summed E-state index contributed by atoms with van der Waals surface area (Å²) in [6.07, 6.45) is 14.7. The molecule has 1 saturated carbocycles. The summed E-state index contributed by atoms with van der Waals surface area (Å²) in [5, 5.41) is 11.2. The summed E-state index contributed by atoms with van der Waals surface area (Å²) < 4.78 is 27.9. The van der Waals surface area contributed by atoms with E-state index in [0.717, 1.165) is 43.4 Å². The Kier molecular flexibility index (Phi) is 7.59. The first kappa shape index (κ1) is 25.7. The number of carbonyl (C=O) groups excluding carboxylic acids is 1. The first-order valence-corrected chi connectivity index (χ1v) is 13.2. The Morgan fingerprint density at radius 3 is 2.97 bits per heavy atom. The fourth-order valence-electron chi connectivity index (χ4n) is 4.71. The van der Waals surface area contributed by atoms with Crippen molar-refractivity contribution in [1.82, 2.24) is 20.0 Å². The Bertz CT molecular complexity index is 1330. The van der Waals surface area contributed by atoms with Crippen molar-refractivity contribution in [2.45, 2.75) is 69.9 Å². The number of rotatable bonds is 12. The van der Waals surface area contributed by atoms with E-state index in [9.17, 15) is 9.18 Å². The van der Waals surface area contributed by atoms with Crippen molar-refractivity contribution < 1.29 is 18.7 Å². The lowest BCUT2D eigenvalue weighted by atomic mass is 9.78. The molecule has 1 aliphatic carbocycles. The third-order valence-electron chi connectivity index (χ3n) is 7.38. The lowest BCUT2D eigenvalue weighted by molar-refractivity contribution is -0.123. The first-order chi connectivity index (χ1) is 18.5. The molecule has 2 aliphatic rings. The van der Waals surface area contributed by atoms with Crippen molar-refractivity contribution in [3.05, 3.63) is 59.8 Å². The van der Waals surface area contributed by atoms with Gasteiger partial charge in [-0.1, -0.05) is 24.1 Å². The molecule has 1 aliphatic heterocycles. The molecule has 5 rings (SSSR count). The van der Waals surface area contributed by atoms with Gasteiger partial charge in [-0.2, -0.15) is 0 Å². The number of amides is 1. The number of aromatic nitrogens is 4. The highest BCUT2D eigenvalue weighted by Gasteiger charge is 2.32. The van der Waals surface area contributed by atoms with E-state index in [0.29, 0.717) is 43.5 Å². The van der Waals surface area contributed by atoms with Crippen molar-refractivity contribution >= 4 is 11.7 Å². The molecule has 198 valence electrons. The molecule has 2 atom stereocenters. The highest BCUT2D eigenvalue weighted by Crippen LogP contribution is 2.35. The van der Waals surface area contributed by atoms with Gasteiger partial charge in [0.05, 0.1) is 30.5 Å². The molecular formula is C29H32FN5O3. The van der Waals surface area contributed by atoms with Gasteiger partial charge in [0.15, 0.2) is 29.2 Å². The molecule has 8 nitrogen and oxygen atoms in total. The van der Waals surface area contributed by atoms with Gasteiger partial charge >= 0.3 is 0 Å². The van der Waals surface area contributed by atoms with Gasteiger partial charge in [0.2, 0.25) is 0 Å². The van der Waals surface area contributed by atoms with Gasteiger partial charge in [-0.15, -0.1) is 11.5 Å². The van der Waals surface area contributed by atoms with Crippen LogP contribution in [-0.2, 0) is 23.2 Å². The maximum atomic E-state index is 14.4. The Morgan fingerprint density at radius 1 is 1.32 bits per heavy atom. The predicted octanol–water partition coefficient (Wildman–Crippen LogP) is 4.69. The number of hydrogen-bond acceptors (Lipinski definition) is 6. The van der Waals surface area contributed by atoms with Gasteiger partial charge in [-0.3, -0.25) is 4.79 Å². The molecule has 0 saturated heterocycles. The number of nitrogens with zero attached hydrogens (tertiary/aromatic N) is 4. The number of ether oxygens (including phenoxy) is 2. The molecule has 0 radical (unpaired) electrons. The van der Waals surface area contributed by atoms with Crippen molar-refractivity contribution in [1.29, 1.82) is 0 Å². The number of hydrogen-bond donors (Lipinski definition) is 1. The van der Waals surface area contributed by atoms with Crippen molar-refractivity contribution in [2.75, 3.05) is 11.9 Å². The number of carbonyl (C=O) groups is 1. The zero-order valence-corrected chi connectivity index (χ0v) is 21.5. The van der Waals surface area contributed by atoms with Gasteiger partial charge in [-0.25, -0.2) is 14.1 Å². The number of halogens is 1. The average Bonchev–Trinajstić information content (AvgIpc) is 3.67. The standard InChI is InChI=1S/C29H32FN5O3/c1-3-29(4-2,21-13-14-23(30)26(16-21)37-18-20-11-12-20)19-35-22(17-32-34-35)8-5-6-9-25-28(36)33-27-24(38-25)10-7-15-31-27/h1,7,10,13-17,20,25H,4-6,8-9,11-12,18-19H2,2H3,(H,31,33,36). The Morgan fingerprint density at radius 2 is 2.18 bits per heavy atom. The van der Waals surface area contributed by atoms with Crippen LogP contribution in [0.2, 0.25) is 0 Å². The molecular weight excluding hydrogens is 485 g/mol. The summed E-state index contributed by atoms with van der Waals surface area (Å²) in [5.74, 6) is 4.21. The number of aryl methyl sites for hydroxylation is 1. The predicted molar refractivity (Wildman–Crippen MR) is 140 cm³/mol. The highest BCUT2D eigenvalue weighted by atomic mass is 19.1. The van der Waals surface area contributed by atoms with E-state index >= 15 is 0 Å². The Balaban J connectivity index is 1.21. The second-order valence-electron chi connectivity index (χ2n) is 10.1. The number of terminal acetylenes is 1. The van der Waals surface area contributed by atoms with Crippen LogP contribution < -0.4 is 14.8 Å². The number of anilines is 1. The largest absolute Gasteiger partial charge is 0.490 e. The van der Waals surface area contributed by atoms with Crippen molar-refractivity contribution in [3.63, 3.8) is 0 Å². The molecule has 1 amide bonds. The van der Waals surface area contributed by atoms with Crippen LogP contribution in [0, 0.1) is 24.1 Å². The molecule has 9 heteroatoms. The van der Waals surface area contributed by atoms with Gasteiger partial charge in [0, 0.05) is 6.20 Å². The van der Waals surface area contributed by atoms with Crippen LogP contribution >= 0.6 is 0 Å². The summed E-state index contributed by atoms with van der Waals surface area (Å²) in [7, 11) is 0. The minimum absolute atomic E-state index is 0.176. The monoisotopic (exact) mass is 517 g/mol. The fourth-order valence-corrected chi connectivity index (χ4v) is 4.71. The van der Waals surface area contributed by atoms with E-state index in [4.69, 9.17) is 15.9 Å². The van der Waals surface area contributed by atoms with Gasteiger partial charge in [-0.05, 0) is 80.7 Å². The zero-order valence-electron chi connectivity index (χ0n) is 21.5. The Hall–Kier alpha value is -3.93. The van der Waals surface area contributed by atoms with E-state index in [1.165, 1.54) is 6.07 Å². The van der Waals surface area contributed by atoms with Gasteiger partial charge < -0.3 is 14.8 Å². The summed E-state index contributed by atoms with van der Waals surface area (Å²) in [5.41, 5.74) is 1.09. The van der Waals surface area contributed by atoms with E-state index in [-0.39, 0.29) is 17.5 Å². The van der Waals surface area contributed by atoms with E-state index in [2.05, 4.69) is 26.5 Å². The topological polar surface area (TPSA) is 91.2 Å². The van der Waals surface area contributed by atoms with Crippen molar-refractivity contribution in [3.8, 4) is 23.8 Å². The third-order valence-corrected chi connectivity index (χ3v) is 7.38. The van der Waals surface area contributed by atoms with Crippen LogP contribution in [0.3, 0.4) is 0 Å². The highest BCUT2D eigenvalue weighted by molar-refractivity contribution is 5.96. The summed E-state index contributed by atoms with van der Waals surface area (Å²) in [4.78, 5) is 16.5. The van der Waals surface area contributed by atoms with Crippen LogP contribution in [0.4, 0.5) is 10.2 Å². The maximum Gasteiger partial charge on any atom is 0.266 e. The van der Waals surface area contributed by atoms with Crippen LogP contribution in [0.15, 0.2) is 42.7 Å². The number of benzene rings is 1. The molecule has 1 aromatic carbocycles. The number of pyridine rings is 1. The lowest BCUT2D eigenvalue weighted by Gasteiger charge is -2.29. The number of unbranched alkanes of at least 4 members (excludes halogenated alkanes) is 1. The van der Waals surface area contributed by atoms with E-state index in [1.54, 1.807) is 36.7 Å². The smallest absolute Gasteiger partial charge is 0.266 e. The third kappa shape index (κ3) is 5.64. The molecule has 1 fully saturated rings. The molecule has 2 unspecified atom stereocenters. The molecule has 2 aromatic heterocycles. The van der Waals surface area contributed by atoms with Crippen LogP contribution in [0.5, 0.6) is 11.5 Å². The maximum absolute atomic E-state index is 14.4. The SMILES string of the molecule is C#CC(CC)(Cn1nncc1CCCCC1Oc2cccnc2NC1=O)c1ccc(F)c(OCC2CC2)c1. The van der Waals surface area contributed by atoms with E-state index in [1.807, 2.05) is 11.6 Å². The normalized spacial score (nSPS) is 18.0. The van der Waals surface area contributed by atoms with Crippen LogP contribution in [0.1, 0.15) is 56.7 Å². The van der Waals surface area contributed by atoms with Gasteiger partial charge in [0.1, 0.15) is 0 Å². The van der Waals surface area contributed by atoms with Crippen LogP contribution in [0.25, 0.3) is 0 Å². The second kappa shape index (κ2) is 11.2. The average molecular weight is 518 g/mol. The first-order valence-electron chi connectivity index (χ1n) is 13.2. The number of fused-ring (bicyclic) bond motifs is 1. The van der Waals surface area contributed by atoms with Crippen molar-refractivity contribution in [2.24, 2.45) is 5.92 Å². The molecule has 0 bridgehead atoms. The zero-order chi connectivity index (χ0) is 26.5. The minimum Gasteiger partial charge on any atom is -0.490 e. The summed E-state index contributed by atoms with van der Waals surface area (Å²) >= 11 is 0. The summed E-state index contributed by atoms with van der Waals surface area (Å²) in [6, 6.07) is 8.48. The van der Waals surface area contributed by atoms with Gasteiger partial charge in [0.25, 0.3) is 5.91 Å². The molecule has 0 spiro atoms. The second-order valence-corrected chi connectivity index (χ2v) is 10.1.